The fourth-order valence-corrected chi connectivity index (χ4v) is 1.58. The van der Waals surface area contributed by atoms with Crippen molar-refractivity contribution < 1.29 is 5.11 Å². The summed E-state index contributed by atoms with van der Waals surface area (Å²) in [6.45, 7) is 5.11. The van der Waals surface area contributed by atoms with Crippen LogP contribution in [0.5, 0.6) is 0 Å². The second-order valence-electron chi connectivity index (χ2n) is 3.62. The van der Waals surface area contributed by atoms with E-state index in [1.54, 1.807) is 0 Å². The molecule has 0 unspecified atom stereocenters. The van der Waals surface area contributed by atoms with E-state index in [1.165, 1.54) is 0 Å². The Balaban J connectivity index is 2.46. The minimum atomic E-state index is -0.356. The van der Waals surface area contributed by atoms with Gasteiger partial charge in [-0.05, 0) is 25.5 Å². The highest BCUT2D eigenvalue weighted by molar-refractivity contribution is 5.17. The molecular weight excluding hydrogens is 174 g/mol. The molecule has 0 saturated carbocycles. The second kappa shape index (κ2) is 5.78. The van der Waals surface area contributed by atoms with E-state index >= 15 is 0 Å². The molecule has 0 aromatic heterocycles. The normalized spacial score (nSPS) is 15.1. The van der Waals surface area contributed by atoms with Gasteiger partial charge in [-0.1, -0.05) is 37.3 Å². The summed E-state index contributed by atoms with van der Waals surface area (Å²) >= 11 is 0. The Morgan fingerprint density at radius 1 is 1.29 bits per heavy atom. The summed E-state index contributed by atoms with van der Waals surface area (Å²) in [5.74, 6) is 0. The zero-order valence-electron chi connectivity index (χ0n) is 8.90. The van der Waals surface area contributed by atoms with E-state index in [4.69, 9.17) is 0 Å². The average molecular weight is 193 g/mol. The Bertz CT molecular complexity index is 248. The van der Waals surface area contributed by atoms with Crippen molar-refractivity contribution in [2.24, 2.45) is 0 Å². The highest BCUT2D eigenvalue weighted by Gasteiger charge is 2.10. The third-order valence-electron chi connectivity index (χ3n) is 2.31. The monoisotopic (exact) mass is 193 g/mol. The molecule has 2 atom stereocenters. The number of nitrogens with one attached hydrogen (secondary N) is 1. The van der Waals surface area contributed by atoms with Gasteiger partial charge in [-0.2, -0.15) is 0 Å². The van der Waals surface area contributed by atoms with Crippen LogP contribution in [0.4, 0.5) is 0 Å². The molecule has 0 spiro atoms. The number of aliphatic hydroxyl groups is 1. The van der Waals surface area contributed by atoms with Crippen LogP contribution in [-0.4, -0.2) is 17.7 Å². The van der Waals surface area contributed by atoms with Gasteiger partial charge in [0, 0.05) is 6.04 Å². The third-order valence-corrected chi connectivity index (χ3v) is 2.31. The predicted octanol–water partition coefficient (Wildman–Crippen LogP) is 2.11. The van der Waals surface area contributed by atoms with Crippen LogP contribution < -0.4 is 5.32 Å². The Hall–Kier alpha value is -0.860. The molecule has 0 saturated heterocycles. The summed E-state index contributed by atoms with van der Waals surface area (Å²) in [4.78, 5) is 0. The van der Waals surface area contributed by atoms with Crippen molar-refractivity contribution in [3.8, 4) is 0 Å². The molecule has 0 radical (unpaired) electrons. The molecule has 1 aromatic carbocycles. The topological polar surface area (TPSA) is 32.3 Å². The van der Waals surface area contributed by atoms with E-state index in [-0.39, 0.29) is 6.10 Å². The first-order valence-electron chi connectivity index (χ1n) is 5.20. The fourth-order valence-electron chi connectivity index (χ4n) is 1.58. The van der Waals surface area contributed by atoms with E-state index in [0.29, 0.717) is 6.04 Å². The minimum absolute atomic E-state index is 0.356. The Labute approximate surface area is 86.0 Å². The predicted molar refractivity (Wildman–Crippen MR) is 59.2 cm³/mol. The number of rotatable bonds is 5. The molecule has 0 aliphatic heterocycles. The van der Waals surface area contributed by atoms with Gasteiger partial charge in [0.05, 0.1) is 6.10 Å². The van der Waals surface area contributed by atoms with Crippen LogP contribution in [0, 0.1) is 0 Å². The van der Waals surface area contributed by atoms with Crippen LogP contribution in [0.2, 0.25) is 0 Å². The molecule has 14 heavy (non-hydrogen) atoms. The number of aliphatic hydroxyl groups excluding tert-OH is 1. The zero-order chi connectivity index (χ0) is 10.4. The molecule has 0 amide bonds. The molecule has 78 valence electrons. The van der Waals surface area contributed by atoms with E-state index in [0.717, 1.165) is 18.5 Å². The number of hydrogen-bond acceptors (Lipinski definition) is 2. The lowest BCUT2D eigenvalue weighted by Gasteiger charge is -2.17. The van der Waals surface area contributed by atoms with Crippen molar-refractivity contribution >= 4 is 0 Å². The van der Waals surface area contributed by atoms with Crippen LogP contribution in [0.1, 0.15) is 31.9 Å². The fraction of sp³-hybridized carbons (Fsp3) is 0.500. The Morgan fingerprint density at radius 2 is 1.93 bits per heavy atom. The lowest BCUT2D eigenvalue weighted by molar-refractivity contribution is 0.154. The lowest BCUT2D eigenvalue weighted by atomic mass is 10.0. The van der Waals surface area contributed by atoms with Gasteiger partial charge in [-0.3, -0.25) is 0 Å². The van der Waals surface area contributed by atoms with Gasteiger partial charge in [0.25, 0.3) is 0 Å². The van der Waals surface area contributed by atoms with Crippen LogP contribution in [0.3, 0.4) is 0 Å². The standard InChI is InChI=1S/C12H19NO/c1-3-13-10(2)9-12(14)11-7-5-4-6-8-11/h4-8,10,12-14H,3,9H2,1-2H3/t10-,12-/m0/s1. The van der Waals surface area contributed by atoms with Gasteiger partial charge < -0.3 is 10.4 Å². The summed E-state index contributed by atoms with van der Waals surface area (Å²) < 4.78 is 0. The summed E-state index contributed by atoms with van der Waals surface area (Å²) in [6.07, 6.45) is 0.406. The van der Waals surface area contributed by atoms with Crippen LogP contribution in [-0.2, 0) is 0 Å². The molecule has 2 N–H and O–H groups in total. The quantitative estimate of drug-likeness (QED) is 0.750. The summed E-state index contributed by atoms with van der Waals surface area (Å²) in [5.41, 5.74) is 0.997. The van der Waals surface area contributed by atoms with Gasteiger partial charge in [-0.25, -0.2) is 0 Å². The highest BCUT2D eigenvalue weighted by Crippen LogP contribution is 2.17. The maximum absolute atomic E-state index is 9.88. The first-order chi connectivity index (χ1) is 6.74. The first-order valence-corrected chi connectivity index (χ1v) is 5.20. The largest absolute Gasteiger partial charge is 0.388 e. The number of hydrogen-bond donors (Lipinski definition) is 2. The van der Waals surface area contributed by atoms with Crippen molar-refractivity contribution in [2.75, 3.05) is 6.54 Å². The Kier molecular flexibility index (Phi) is 4.63. The molecule has 1 aromatic rings. The molecular formula is C12H19NO. The van der Waals surface area contributed by atoms with Crippen molar-refractivity contribution in [2.45, 2.75) is 32.4 Å². The maximum Gasteiger partial charge on any atom is 0.0804 e. The summed E-state index contributed by atoms with van der Waals surface area (Å²) in [5, 5.41) is 13.2. The lowest BCUT2D eigenvalue weighted by Crippen LogP contribution is -2.27. The molecule has 1 rings (SSSR count). The SMILES string of the molecule is CCN[C@@H](C)C[C@H](O)c1ccccc1. The van der Waals surface area contributed by atoms with Crippen molar-refractivity contribution in [3.05, 3.63) is 35.9 Å². The molecule has 0 heterocycles. The van der Waals surface area contributed by atoms with Crippen LogP contribution in [0.15, 0.2) is 30.3 Å². The van der Waals surface area contributed by atoms with Gasteiger partial charge in [0.1, 0.15) is 0 Å². The molecule has 0 aliphatic carbocycles. The molecule has 2 nitrogen and oxygen atoms in total. The summed E-state index contributed by atoms with van der Waals surface area (Å²) in [6, 6.07) is 10.2. The number of benzene rings is 1. The Morgan fingerprint density at radius 3 is 2.50 bits per heavy atom. The van der Waals surface area contributed by atoms with Crippen LogP contribution >= 0.6 is 0 Å². The maximum atomic E-state index is 9.88. The third kappa shape index (κ3) is 3.48. The molecule has 2 heteroatoms. The van der Waals surface area contributed by atoms with Crippen molar-refractivity contribution in [3.63, 3.8) is 0 Å². The average Bonchev–Trinajstić information content (AvgIpc) is 2.19. The minimum Gasteiger partial charge on any atom is -0.388 e. The van der Waals surface area contributed by atoms with E-state index in [9.17, 15) is 5.11 Å². The summed E-state index contributed by atoms with van der Waals surface area (Å²) in [7, 11) is 0. The van der Waals surface area contributed by atoms with Crippen molar-refractivity contribution in [1.82, 2.24) is 5.32 Å². The van der Waals surface area contributed by atoms with Gasteiger partial charge >= 0.3 is 0 Å². The van der Waals surface area contributed by atoms with Crippen molar-refractivity contribution in [1.29, 1.82) is 0 Å². The molecule has 0 aliphatic rings. The zero-order valence-corrected chi connectivity index (χ0v) is 8.90. The van der Waals surface area contributed by atoms with Gasteiger partial charge in [-0.15, -0.1) is 0 Å². The molecule has 0 fully saturated rings. The smallest absolute Gasteiger partial charge is 0.0804 e. The second-order valence-corrected chi connectivity index (χ2v) is 3.62. The van der Waals surface area contributed by atoms with Gasteiger partial charge in [0.2, 0.25) is 0 Å². The van der Waals surface area contributed by atoms with E-state index in [1.807, 2.05) is 30.3 Å². The van der Waals surface area contributed by atoms with E-state index < -0.39 is 0 Å². The van der Waals surface area contributed by atoms with Gasteiger partial charge in [0.15, 0.2) is 0 Å². The van der Waals surface area contributed by atoms with Crippen LogP contribution in [0.25, 0.3) is 0 Å². The van der Waals surface area contributed by atoms with E-state index in [2.05, 4.69) is 19.2 Å². The first kappa shape index (κ1) is 11.2. The highest BCUT2D eigenvalue weighted by atomic mass is 16.3. The molecule has 0 bridgehead atoms.